The van der Waals surface area contributed by atoms with Gasteiger partial charge in [0.15, 0.2) is 0 Å². The Morgan fingerprint density at radius 1 is 1.14 bits per heavy atom. The van der Waals surface area contributed by atoms with E-state index >= 15 is 0 Å². The first-order chi connectivity index (χ1) is 10.6. The highest BCUT2D eigenvalue weighted by molar-refractivity contribution is 5.84. The van der Waals surface area contributed by atoms with Crippen LogP contribution in [0.25, 0.3) is 11.4 Å². The Bertz CT molecular complexity index is 650. The van der Waals surface area contributed by atoms with Crippen LogP contribution in [0.3, 0.4) is 0 Å². The molecule has 1 heterocycles. The highest BCUT2D eigenvalue weighted by atomic mass is 16.2. The molecule has 0 saturated carbocycles. The third kappa shape index (κ3) is 4.37. The Balaban J connectivity index is 1.90. The van der Waals surface area contributed by atoms with Crippen molar-refractivity contribution in [3.63, 3.8) is 0 Å². The van der Waals surface area contributed by atoms with E-state index in [1.165, 1.54) is 4.80 Å². The van der Waals surface area contributed by atoms with Gasteiger partial charge in [-0.3, -0.25) is 9.59 Å². The van der Waals surface area contributed by atoms with Crippen molar-refractivity contribution in [1.82, 2.24) is 30.8 Å². The lowest BCUT2D eigenvalue weighted by Gasteiger charge is -2.04. The lowest BCUT2D eigenvalue weighted by Crippen LogP contribution is -2.38. The number of rotatable bonds is 6. The molecule has 0 bridgehead atoms. The van der Waals surface area contributed by atoms with Gasteiger partial charge in [0.25, 0.3) is 0 Å². The Hall–Kier alpha value is -2.77. The van der Waals surface area contributed by atoms with Crippen molar-refractivity contribution in [3.05, 3.63) is 29.8 Å². The molecule has 0 atom stereocenters. The molecular weight excluding hydrogens is 284 g/mol. The summed E-state index contributed by atoms with van der Waals surface area (Å²) in [6.45, 7) is 4.18. The Kier molecular flexibility index (Phi) is 5.18. The molecule has 0 spiro atoms. The molecule has 0 aliphatic rings. The number of amides is 2. The first-order valence-electron chi connectivity index (χ1n) is 6.96. The van der Waals surface area contributed by atoms with E-state index in [2.05, 4.69) is 26.0 Å². The topological polar surface area (TPSA) is 102 Å². The number of hydrogen-bond acceptors (Lipinski definition) is 5. The predicted octanol–water partition coefficient (Wildman–Crippen LogP) is -0.0992. The summed E-state index contributed by atoms with van der Waals surface area (Å²) in [7, 11) is 0. The Labute approximate surface area is 127 Å². The zero-order chi connectivity index (χ0) is 15.9. The van der Waals surface area contributed by atoms with Gasteiger partial charge in [-0.15, -0.1) is 10.2 Å². The van der Waals surface area contributed by atoms with E-state index in [-0.39, 0.29) is 24.9 Å². The number of tetrazole rings is 1. The van der Waals surface area contributed by atoms with Gasteiger partial charge in [0, 0.05) is 12.1 Å². The molecule has 2 amide bonds. The predicted molar refractivity (Wildman–Crippen MR) is 79.7 cm³/mol. The van der Waals surface area contributed by atoms with E-state index in [1.54, 1.807) is 0 Å². The minimum atomic E-state index is -0.348. The molecule has 0 aliphatic heterocycles. The van der Waals surface area contributed by atoms with Gasteiger partial charge < -0.3 is 10.6 Å². The average molecular weight is 302 g/mol. The summed E-state index contributed by atoms with van der Waals surface area (Å²) in [4.78, 5) is 24.1. The van der Waals surface area contributed by atoms with Crippen LogP contribution in [0.15, 0.2) is 24.3 Å². The number of likely N-dealkylation sites (N-methyl/N-ethyl adjacent to an activating group) is 1. The lowest BCUT2D eigenvalue weighted by atomic mass is 10.1. The smallest absolute Gasteiger partial charge is 0.244 e. The maximum atomic E-state index is 11.7. The van der Waals surface area contributed by atoms with Crippen molar-refractivity contribution >= 4 is 11.8 Å². The van der Waals surface area contributed by atoms with Crippen LogP contribution in [0.4, 0.5) is 0 Å². The molecule has 0 saturated heterocycles. The molecule has 116 valence electrons. The molecule has 0 fully saturated rings. The standard InChI is InChI=1S/C14H18N6O2/c1-3-15-12(21)8-16-13(22)9-20-18-14(17-19-20)11-6-4-10(2)5-7-11/h4-7H,3,8-9H2,1-2H3,(H,15,21)(H,16,22). The molecule has 2 aromatic rings. The van der Waals surface area contributed by atoms with Crippen LogP contribution < -0.4 is 10.6 Å². The second kappa shape index (κ2) is 7.30. The van der Waals surface area contributed by atoms with Gasteiger partial charge in [-0.05, 0) is 19.1 Å². The van der Waals surface area contributed by atoms with Crippen molar-refractivity contribution < 1.29 is 9.59 Å². The highest BCUT2D eigenvalue weighted by Gasteiger charge is 2.10. The van der Waals surface area contributed by atoms with Crippen LogP contribution in [0.2, 0.25) is 0 Å². The fourth-order valence-electron chi connectivity index (χ4n) is 1.75. The molecule has 2 N–H and O–H groups in total. The number of nitrogens with zero attached hydrogens (tertiary/aromatic N) is 4. The summed E-state index contributed by atoms with van der Waals surface area (Å²) in [5.74, 6) is -0.127. The molecule has 2 rings (SSSR count). The maximum absolute atomic E-state index is 11.7. The van der Waals surface area contributed by atoms with Crippen molar-refractivity contribution in [2.45, 2.75) is 20.4 Å². The van der Waals surface area contributed by atoms with Gasteiger partial charge in [0.1, 0.15) is 6.54 Å². The van der Waals surface area contributed by atoms with Crippen molar-refractivity contribution in [1.29, 1.82) is 0 Å². The van der Waals surface area contributed by atoms with Crippen LogP contribution in [-0.2, 0) is 16.1 Å². The summed E-state index contributed by atoms with van der Waals surface area (Å²) in [5, 5.41) is 17.0. The van der Waals surface area contributed by atoms with Crippen LogP contribution in [0.5, 0.6) is 0 Å². The van der Waals surface area contributed by atoms with Gasteiger partial charge in [-0.25, -0.2) is 0 Å². The van der Waals surface area contributed by atoms with E-state index in [4.69, 9.17) is 0 Å². The van der Waals surface area contributed by atoms with Gasteiger partial charge >= 0.3 is 0 Å². The molecule has 0 aliphatic carbocycles. The zero-order valence-corrected chi connectivity index (χ0v) is 12.5. The molecule has 8 heteroatoms. The fourth-order valence-corrected chi connectivity index (χ4v) is 1.75. The first-order valence-corrected chi connectivity index (χ1v) is 6.96. The summed E-state index contributed by atoms with van der Waals surface area (Å²) in [6, 6.07) is 7.70. The summed E-state index contributed by atoms with van der Waals surface area (Å²) in [5.41, 5.74) is 1.97. The number of carbonyl (C=O) groups is 2. The zero-order valence-electron chi connectivity index (χ0n) is 12.5. The quantitative estimate of drug-likeness (QED) is 0.776. The van der Waals surface area contributed by atoms with Crippen LogP contribution >= 0.6 is 0 Å². The van der Waals surface area contributed by atoms with Crippen LogP contribution in [-0.4, -0.2) is 45.1 Å². The van der Waals surface area contributed by atoms with Gasteiger partial charge in [0.2, 0.25) is 17.6 Å². The molecule has 0 radical (unpaired) electrons. The largest absolute Gasteiger partial charge is 0.355 e. The van der Waals surface area contributed by atoms with E-state index in [9.17, 15) is 9.59 Å². The normalized spacial score (nSPS) is 10.3. The van der Waals surface area contributed by atoms with Crippen molar-refractivity contribution in [2.24, 2.45) is 0 Å². The van der Waals surface area contributed by atoms with Gasteiger partial charge in [-0.1, -0.05) is 29.8 Å². The monoisotopic (exact) mass is 302 g/mol. The molecular formula is C14H18N6O2. The summed E-state index contributed by atoms with van der Waals surface area (Å²) < 4.78 is 0. The second-order valence-electron chi connectivity index (χ2n) is 4.74. The fraction of sp³-hybridized carbons (Fsp3) is 0.357. The summed E-state index contributed by atoms with van der Waals surface area (Å²) >= 11 is 0. The minimum absolute atomic E-state index is 0.0633. The number of aromatic nitrogens is 4. The molecule has 1 aromatic carbocycles. The minimum Gasteiger partial charge on any atom is -0.355 e. The molecule has 0 unspecified atom stereocenters. The average Bonchev–Trinajstić information content (AvgIpc) is 2.95. The van der Waals surface area contributed by atoms with Crippen molar-refractivity contribution in [3.8, 4) is 11.4 Å². The third-order valence-corrected chi connectivity index (χ3v) is 2.87. The second-order valence-corrected chi connectivity index (χ2v) is 4.74. The number of benzene rings is 1. The Morgan fingerprint density at radius 3 is 2.55 bits per heavy atom. The highest BCUT2D eigenvalue weighted by Crippen LogP contribution is 2.13. The SMILES string of the molecule is CCNC(=O)CNC(=O)Cn1nnc(-c2ccc(C)cc2)n1. The van der Waals surface area contributed by atoms with Crippen LogP contribution in [0.1, 0.15) is 12.5 Å². The molecule has 8 nitrogen and oxygen atoms in total. The number of nitrogens with one attached hydrogen (secondary N) is 2. The number of aryl methyl sites for hydroxylation is 1. The van der Waals surface area contributed by atoms with Gasteiger partial charge in [0.05, 0.1) is 6.54 Å². The van der Waals surface area contributed by atoms with E-state index < -0.39 is 0 Å². The lowest BCUT2D eigenvalue weighted by molar-refractivity contribution is -0.126. The number of carbonyl (C=O) groups excluding carboxylic acids is 2. The van der Waals surface area contributed by atoms with E-state index in [1.807, 2.05) is 38.1 Å². The van der Waals surface area contributed by atoms with E-state index in [0.717, 1.165) is 11.1 Å². The third-order valence-electron chi connectivity index (χ3n) is 2.87. The molecule has 22 heavy (non-hydrogen) atoms. The molecule has 1 aromatic heterocycles. The first kappa shape index (κ1) is 15.6. The Morgan fingerprint density at radius 2 is 1.86 bits per heavy atom. The van der Waals surface area contributed by atoms with Gasteiger partial charge in [-0.2, -0.15) is 4.80 Å². The summed E-state index contributed by atoms with van der Waals surface area (Å²) in [6.07, 6.45) is 0. The number of hydrogen-bond donors (Lipinski definition) is 2. The van der Waals surface area contributed by atoms with Crippen molar-refractivity contribution in [2.75, 3.05) is 13.1 Å². The van der Waals surface area contributed by atoms with E-state index in [0.29, 0.717) is 12.4 Å². The van der Waals surface area contributed by atoms with Crippen LogP contribution in [0, 0.1) is 6.92 Å². The maximum Gasteiger partial charge on any atom is 0.244 e.